The Morgan fingerprint density at radius 3 is 2.33 bits per heavy atom. The van der Waals surface area contributed by atoms with E-state index in [9.17, 15) is 0 Å². The average Bonchev–Trinajstić information content (AvgIpc) is 1.86. The highest BCUT2D eigenvalue weighted by Crippen LogP contribution is 2.26. The van der Waals surface area contributed by atoms with Gasteiger partial charge in [-0.05, 0) is 19.5 Å². The average molecular weight is 166 g/mol. The molecule has 0 bridgehead atoms. The molecule has 0 fully saturated rings. The zero-order valence-electron chi connectivity index (χ0n) is 6.66. The summed E-state index contributed by atoms with van der Waals surface area (Å²) < 4.78 is 0. The van der Waals surface area contributed by atoms with Crippen molar-refractivity contribution in [3.05, 3.63) is 0 Å². The molecule has 3 heteroatoms. The number of hydrogen-bond acceptors (Lipinski definition) is 1. The molecule has 0 amide bonds. The van der Waals surface area contributed by atoms with Crippen molar-refractivity contribution < 1.29 is 0 Å². The predicted molar refractivity (Wildman–Crippen MR) is 47.3 cm³/mol. The highest BCUT2D eigenvalue weighted by Gasteiger charge is 2.23. The van der Waals surface area contributed by atoms with E-state index in [1.807, 2.05) is 14.0 Å². The summed E-state index contributed by atoms with van der Waals surface area (Å²) in [5.41, 5.74) is 0.657. The Morgan fingerprint density at radius 2 is 2.22 bits per heavy atom. The molecule has 0 rings (SSSR count). The second-order valence-corrected chi connectivity index (χ2v) is 4.81. The number of halogens is 1. The topological polar surface area (TPSA) is 12.0 Å². The Hall–Kier alpha value is 0.467. The molecule has 9 heavy (non-hydrogen) atoms. The molecule has 0 aliphatic heterocycles. The molecule has 0 heterocycles. The molecular weight excluding hydrogens is 150 g/mol. The summed E-state index contributed by atoms with van der Waals surface area (Å²) in [7, 11) is 3.07. The van der Waals surface area contributed by atoms with Crippen LogP contribution in [0.4, 0.5) is 0 Å². The third-order valence-corrected chi connectivity index (χ3v) is 4.93. The normalized spacial score (nSPS) is 21.3. The molecule has 0 spiro atoms. The Labute approximate surface area is 65.6 Å². The van der Waals surface area contributed by atoms with Crippen LogP contribution in [-0.2, 0) is 0 Å². The molecule has 56 valence electrons. The van der Waals surface area contributed by atoms with Gasteiger partial charge in [0.05, 0.1) is 5.00 Å². The quantitative estimate of drug-likeness (QED) is 0.370. The van der Waals surface area contributed by atoms with E-state index < -0.39 is 0 Å². The lowest BCUT2D eigenvalue weighted by atomic mass is 10.2. The van der Waals surface area contributed by atoms with Gasteiger partial charge in [0, 0.05) is 10.2 Å². The van der Waals surface area contributed by atoms with Gasteiger partial charge in [-0.15, -0.1) is 11.6 Å². The van der Waals surface area contributed by atoms with Gasteiger partial charge in [-0.2, -0.15) is 0 Å². The molecule has 0 aromatic rings. The molecule has 0 radical (unpaired) electrons. The lowest BCUT2D eigenvalue weighted by Crippen LogP contribution is -2.37. The minimum Gasteiger partial charge on any atom is -0.302 e. The third-order valence-electron chi connectivity index (χ3n) is 2.03. The van der Waals surface area contributed by atoms with E-state index in [4.69, 9.17) is 11.6 Å². The molecular formula is C6H16ClNSi. The van der Waals surface area contributed by atoms with Crippen LogP contribution in [0.2, 0.25) is 5.54 Å². The van der Waals surface area contributed by atoms with Crippen molar-refractivity contribution >= 4 is 21.8 Å². The van der Waals surface area contributed by atoms with Crippen LogP contribution < -0.4 is 5.32 Å². The molecule has 0 saturated carbocycles. The zero-order chi connectivity index (χ0) is 7.49. The molecule has 0 aromatic heterocycles. The van der Waals surface area contributed by atoms with Crippen molar-refractivity contribution in [2.45, 2.75) is 30.8 Å². The standard InChI is InChI=1S/C6H16ClNSi/c1-4-5(9)6(2,7)8-3/h5,8H,4H2,1-3,9H3. The third kappa shape index (κ3) is 2.69. The first-order chi connectivity index (χ1) is 4.04. The van der Waals surface area contributed by atoms with E-state index in [0.29, 0.717) is 5.54 Å². The van der Waals surface area contributed by atoms with Gasteiger partial charge in [0.2, 0.25) is 0 Å². The molecule has 1 N–H and O–H groups in total. The minimum absolute atomic E-state index is 0.166. The number of nitrogens with one attached hydrogen (secondary N) is 1. The summed E-state index contributed by atoms with van der Waals surface area (Å²) in [5.74, 6) is 0. The zero-order valence-corrected chi connectivity index (χ0v) is 9.42. The van der Waals surface area contributed by atoms with E-state index in [1.165, 1.54) is 6.42 Å². The largest absolute Gasteiger partial charge is 0.302 e. The van der Waals surface area contributed by atoms with Crippen molar-refractivity contribution in [1.29, 1.82) is 0 Å². The van der Waals surface area contributed by atoms with Crippen LogP contribution in [0.5, 0.6) is 0 Å². The van der Waals surface area contributed by atoms with Crippen LogP contribution in [0.25, 0.3) is 0 Å². The maximum atomic E-state index is 6.09. The van der Waals surface area contributed by atoms with Crippen molar-refractivity contribution in [1.82, 2.24) is 5.32 Å². The molecule has 0 aromatic carbocycles. The number of hydrogen-bond donors (Lipinski definition) is 1. The van der Waals surface area contributed by atoms with Gasteiger partial charge in [0.1, 0.15) is 0 Å². The SMILES string of the molecule is CCC([SiH3])C(C)(Cl)NC. The lowest BCUT2D eigenvalue weighted by Gasteiger charge is -2.27. The Balaban J connectivity index is 3.80. The molecule has 0 aliphatic carbocycles. The van der Waals surface area contributed by atoms with Gasteiger partial charge >= 0.3 is 0 Å². The van der Waals surface area contributed by atoms with E-state index in [1.54, 1.807) is 0 Å². The van der Waals surface area contributed by atoms with Crippen LogP contribution in [0.1, 0.15) is 20.3 Å². The Morgan fingerprint density at radius 1 is 1.78 bits per heavy atom. The summed E-state index contributed by atoms with van der Waals surface area (Å²) >= 11 is 6.09. The predicted octanol–water partition coefficient (Wildman–Crippen LogP) is 0.725. The van der Waals surface area contributed by atoms with Crippen LogP contribution >= 0.6 is 11.6 Å². The molecule has 2 unspecified atom stereocenters. The Kier molecular flexibility index (Phi) is 3.78. The van der Waals surface area contributed by atoms with Crippen LogP contribution in [0, 0.1) is 0 Å². The summed E-state index contributed by atoms with van der Waals surface area (Å²) in [4.78, 5) is -0.166. The number of alkyl halides is 1. The second kappa shape index (κ2) is 3.59. The van der Waals surface area contributed by atoms with E-state index in [-0.39, 0.29) is 5.00 Å². The minimum atomic E-state index is -0.166. The van der Waals surface area contributed by atoms with Crippen molar-refractivity contribution in [2.75, 3.05) is 7.05 Å². The van der Waals surface area contributed by atoms with Gasteiger partial charge in [-0.3, -0.25) is 0 Å². The fourth-order valence-electron chi connectivity index (χ4n) is 0.630. The molecule has 2 atom stereocenters. The van der Waals surface area contributed by atoms with Crippen LogP contribution in [-0.4, -0.2) is 22.3 Å². The van der Waals surface area contributed by atoms with Crippen molar-refractivity contribution in [3.63, 3.8) is 0 Å². The number of rotatable bonds is 3. The lowest BCUT2D eigenvalue weighted by molar-refractivity contribution is 0.496. The van der Waals surface area contributed by atoms with Gasteiger partial charge in [-0.25, -0.2) is 0 Å². The van der Waals surface area contributed by atoms with Crippen molar-refractivity contribution in [2.24, 2.45) is 0 Å². The van der Waals surface area contributed by atoms with Gasteiger partial charge in [0.25, 0.3) is 0 Å². The van der Waals surface area contributed by atoms with E-state index in [0.717, 1.165) is 10.2 Å². The van der Waals surface area contributed by atoms with Crippen molar-refractivity contribution in [3.8, 4) is 0 Å². The first-order valence-electron chi connectivity index (χ1n) is 3.42. The summed E-state index contributed by atoms with van der Waals surface area (Å²) in [6.07, 6.45) is 1.17. The summed E-state index contributed by atoms with van der Waals surface area (Å²) in [6, 6.07) is 0. The van der Waals surface area contributed by atoms with Crippen LogP contribution in [0.15, 0.2) is 0 Å². The molecule has 1 nitrogen and oxygen atoms in total. The maximum Gasteiger partial charge on any atom is 0.0900 e. The van der Waals surface area contributed by atoms with Gasteiger partial charge < -0.3 is 5.32 Å². The van der Waals surface area contributed by atoms with E-state index in [2.05, 4.69) is 12.2 Å². The Bertz CT molecular complexity index is 85.1. The second-order valence-electron chi connectivity index (χ2n) is 2.63. The fraction of sp³-hybridized carbons (Fsp3) is 1.00. The monoisotopic (exact) mass is 165 g/mol. The first kappa shape index (κ1) is 9.47. The van der Waals surface area contributed by atoms with Gasteiger partial charge in [-0.1, -0.05) is 13.3 Å². The van der Waals surface area contributed by atoms with E-state index >= 15 is 0 Å². The highest BCUT2D eigenvalue weighted by atomic mass is 35.5. The highest BCUT2D eigenvalue weighted by molar-refractivity contribution is 6.29. The summed E-state index contributed by atoms with van der Waals surface area (Å²) in [5, 5.41) is 3.09. The first-order valence-corrected chi connectivity index (χ1v) is 4.95. The maximum absolute atomic E-state index is 6.09. The summed E-state index contributed by atoms with van der Waals surface area (Å²) in [6.45, 7) is 4.21. The smallest absolute Gasteiger partial charge is 0.0900 e. The molecule has 0 saturated heterocycles. The van der Waals surface area contributed by atoms with Gasteiger partial charge in [0.15, 0.2) is 0 Å². The molecule has 0 aliphatic rings. The van der Waals surface area contributed by atoms with Crippen LogP contribution in [0.3, 0.4) is 0 Å². The fourth-order valence-corrected chi connectivity index (χ4v) is 1.07.